The number of carbonyl (C=O) groups is 2. The van der Waals surface area contributed by atoms with Crippen molar-refractivity contribution < 1.29 is 27.8 Å². The molecule has 0 bridgehead atoms. The Bertz CT molecular complexity index is 986. The van der Waals surface area contributed by atoms with Gasteiger partial charge < -0.3 is 9.47 Å². The third kappa shape index (κ3) is 4.22. The molecule has 0 fully saturated rings. The van der Waals surface area contributed by atoms with Gasteiger partial charge in [0.15, 0.2) is 11.5 Å². The fourth-order valence-electron chi connectivity index (χ4n) is 3.20. The molecule has 3 rings (SSSR count). The first-order valence-electron chi connectivity index (χ1n) is 9.65. The Hall–Kier alpha value is -3.16. The first-order chi connectivity index (χ1) is 14.1. The van der Waals surface area contributed by atoms with Gasteiger partial charge in [0.05, 0.1) is 11.1 Å². The molecule has 0 spiro atoms. The molecule has 8 heteroatoms. The Labute approximate surface area is 173 Å². The van der Waals surface area contributed by atoms with Gasteiger partial charge in [0.25, 0.3) is 11.8 Å². The summed E-state index contributed by atoms with van der Waals surface area (Å²) in [6.07, 6.45) is 0.498. The molecule has 160 valence electrons. The van der Waals surface area contributed by atoms with Crippen LogP contribution in [0.25, 0.3) is 0 Å². The van der Waals surface area contributed by atoms with E-state index < -0.39 is 34.6 Å². The number of hydrogen-bond acceptors (Lipinski definition) is 4. The average molecular weight is 418 g/mol. The lowest BCUT2D eigenvalue weighted by Gasteiger charge is -2.36. The normalized spacial score (nSPS) is 13.0. The molecule has 1 aliphatic rings. The summed E-state index contributed by atoms with van der Waals surface area (Å²) in [6, 6.07) is 5.83. The van der Waals surface area contributed by atoms with E-state index in [0.717, 1.165) is 23.2 Å². The van der Waals surface area contributed by atoms with Crippen LogP contribution >= 0.6 is 0 Å². The molecular weight excluding hydrogens is 394 g/mol. The quantitative estimate of drug-likeness (QED) is 0.768. The van der Waals surface area contributed by atoms with Gasteiger partial charge in [0, 0.05) is 11.1 Å². The van der Waals surface area contributed by atoms with E-state index >= 15 is 0 Å². The first kappa shape index (κ1) is 21.5. The number of fused-ring (bicyclic) bond motifs is 1. The average Bonchev–Trinajstić information content (AvgIpc) is 2.71. The molecule has 0 aromatic heterocycles. The molecule has 6 nitrogen and oxygen atoms in total. The molecule has 0 unspecified atom stereocenters. The minimum atomic E-state index is -0.925. The van der Waals surface area contributed by atoms with Gasteiger partial charge in [-0.15, -0.1) is 0 Å². The number of amides is 2. The van der Waals surface area contributed by atoms with Crippen molar-refractivity contribution in [3.8, 4) is 11.5 Å². The summed E-state index contributed by atoms with van der Waals surface area (Å²) in [4.78, 5) is 26.1. The number of hydrogen-bond donors (Lipinski definition) is 1. The monoisotopic (exact) mass is 418 g/mol. The van der Waals surface area contributed by atoms with Crippen LogP contribution in [0.15, 0.2) is 30.3 Å². The van der Waals surface area contributed by atoms with E-state index in [0.29, 0.717) is 42.3 Å². The van der Waals surface area contributed by atoms with Crippen LogP contribution < -0.4 is 14.9 Å². The molecule has 0 aliphatic carbocycles. The van der Waals surface area contributed by atoms with E-state index in [1.165, 1.54) is 0 Å². The van der Waals surface area contributed by atoms with E-state index in [-0.39, 0.29) is 0 Å². The number of nitrogens with zero attached hydrogens (tertiary/aromatic N) is 1. The van der Waals surface area contributed by atoms with Gasteiger partial charge >= 0.3 is 0 Å². The minimum Gasteiger partial charge on any atom is -0.486 e. The van der Waals surface area contributed by atoms with Gasteiger partial charge in [0.1, 0.15) is 24.8 Å². The summed E-state index contributed by atoms with van der Waals surface area (Å²) < 4.78 is 38.8. The number of benzene rings is 2. The molecular formula is C22H24F2N2O4. The Morgan fingerprint density at radius 1 is 1.07 bits per heavy atom. The summed E-state index contributed by atoms with van der Waals surface area (Å²) in [5.41, 5.74) is 2.07. The standard InChI is InChI=1S/C22H24F2N2O4/c1-5-14-15(7-9-18-19(14)30-11-10-29-18)21(28)26(22(2,3)4)25-20(27)16-12-13(23)6-8-17(16)24/h6-9,12H,5,10-11H2,1-4H3,(H,25,27). The summed E-state index contributed by atoms with van der Waals surface area (Å²) in [5.74, 6) is -2.00. The van der Waals surface area contributed by atoms with Crippen LogP contribution in [-0.4, -0.2) is 35.6 Å². The van der Waals surface area contributed by atoms with Crippen molar-refractivity contribution in [1.82, 2.24) is 10.4 Å². The number of nitrogens with one attached hydrogen (secondary N) is 1. The van der Waals surface area contributed by atoms with E-state index in [1.807, 2.05) is 6.92 Å². The fourth-order valence-corrected chi connectivity index (χ4v) is 3.20. The molecule has 0 saturated heterocycles. The highest BCUT2D eigenvalue weighted by Crippen LogP contribution is 2.37. The number of halogens is 2. The number of rotatable bonds is 3. The van der Waals surface area contributed by atoms with Crippen LogP contribution in [0.1, 0.15) is 54.0 Å². The Kier molecular flexibility index (Phi) is 5.96. The third-order valence-electron chi connectivity index (χ3n) is 4.66. The first-order valence-corrected chi connectivity index (χ1v) is 9.65. The van der Waals surface area contributed by atoms with Crippen LogP contribution in [0.4, 0.5) is 8.78 Å². The zero-order valence-electron chi connectivity index (χ0n) is 17.3. The van der Waals surface area contributed by atoms with Gasteiger partial charge in [-0.3, -0.25) is 15.0 Å². The fraction of sp³-hybridized carbons (Fsp3) is 0.364. The molecule has 1 heterocycles. The Balaban J connectivity index is 1.98. The van der Waals surface area contributed by atoms with Crippen molar-refractivity contribution in [2.75, 3.05) is 13.2 Å². The Morgan fingerprint density at radius 3 is 2.43 bits per heavy atom. The maximum Gasteiger partial charge on any atom is 0.273 e. The van der Waals surface area contributed by atoms with E-state index in [2.05, 4.69) is 5.43 Å². The van der Waals surface area contributed by atoms with E-state index in [9.17, 15) is 18.4 Å². The van der Waals surface area contributed by atoms with Crippen molar-refractivity contribution >= 4 is 11.8 Å². The highest BCUT2D eigenvalue weighted by Gasteiger charge is 2.33. The van der Waals surface area contributed by atoms with E-state index in [4.69, 9.17) is 9.47 Å². The molecule has 1 aliphatic heterocycles. The zero-order valence-corrected chi connectivity index (χ0v) is 17.3. The maximum absolute atomic E-state index is 14.0. The predicted molar refractivity (Wildman–Crippen MR) is 107 cm³/mol. The van der Waals surface area contributed by atoms with Gasteiger partial charge in [-0.25, -0.2) is 13.8 Å². The molecule has 2 aromatic carbocycles. The molecule has 2 amide bonds. The molecule has 1 N–H and O–H groups in total. The van der Waals surface area contributed by atoms with E-state index in [1.54, 1.807) is 32.9 Å². The van der Waals surface area contributed by atoms with Crippen LogP contribution in [0, 0.1) is 11.6 Å². The second-order valence-electron chi connectivity index (χ2n) is 7.85. The zero-order chi connectivity index (χ0) is 22.1. The lowest BCUT2D eigenvalue weighted by molar-refractivity contribution is 0.0355. The van der Waals surface area contributed by atoms with Crippen molar-refractivity contribution in [1.29, 1.82) is 0 Å². The topological polar surface area (TPSA) is 67.9 Å². The van der Waals surface area contributed by atoms with Gasteiger partial charge in [-0.1, -0.05) is 6.92 Å². The van der Waals surface area contributed by atoms with Crippen molar-refractivity contribution in [3.63, 3.8) is 0 Å². The van der Waals surface area contributed by atoms with Crippen molar-refractivity contribution in [2.45, 2.75) is 39.7 Å². The van der Waals surface area contributed by atoms with Gasteiger partial charge in [-0.05, 0) is 57.5 Å². The lowest BCUT2D eigenvalue weighted by Crippen LogP contribution is -2.56. The number of hydrazine groups is 1. The lowest BCUT2D eigenvalue weighted by atomic mass is 9.99. The second-order valence-corrected chi connectivity index (χ2v) is 7.85. The summed E-state index contributed by atoms with van der Waals surface area (Å²) in [6.45, 7) is 7.83. The predicted octanol–water partition coefficient (Wildman–Crippen LogP) is 3.88. The van der Waals surface area contributed by atoms with Gasteiger partial charge in [0.2, 0.25) is 0 Å². The van der Waals surface area contributed by atoms with Crippen LogP contribution in [-0.2, 0) is 6.42 Å². The number of ether oxygens (including phenoxy) is 2. The molecule has 2 aromatic rings. The Morgan fingerprint density at radius 2 is 1.77 bits per heavy atom. The molecule has 0 saturated carbocycles. The van der Waals surface area contributed by atoms with Crippen LogP contribution in [0.5, 0.6) is 11.5 Å². The van der Waals surface area contributed by atoms with Gasteiger partial charge in [-0.2, -0.15) is 0 Å². The summed E-state index contributed by atoms with van der Waals surface area (Å²) in [7, 11) is 0. The second kappa shape index (κ2) is 8.30. The number of carbonyl (C=O) groups excluding carboxylic acids is 2. The van der Waals surface area contributed by atoms with Crippen molar-refractivity contribution in [3.05, 3.63) is 58.7 Å². The van der Waals surface area contributed by atoms with Crippen LogP contribution in [0.3, 0.4) is 0 Å². The SMILES string of the molecule is CCc1c(C(=O)N(NC(=O)c2cc(F)ccc2F)C(C)(C)C)ccc2c1OCCO2. The maximum atomic E-state index is 14.0. The highest BCUT2D eigenvalue weighted by atomic mass is 19.1. The van der Waals surface area contributed by atoms with Crippen LogP contribution in [0.2, 0.25) is 0 Å². The summed E-state index contributed by atoms with van der Waals surface area (Å²) in [5, 5.41) is 1.12. The minimum absolute atomic E-state index is 0.330. The molecule has 30 heavy (non-hydrogen) atoms. The smallest absolute Gasteiger partial charge is 0.273 e. The molecule has 0 atom stereocenters. The largest absolute Gasteiger partial charge is 0.486 e. The third-order valence-corrected chi connectivity index (χ3v) is 4.66. The highest BCUT2D eigenvalue weighted by molar-refractivity contribution is 6.01. The summed E-state index contributed by atoms with van der Waals surface area (Å²) >= 11 is 0. The molecule has 0 radical (unpaired) electrons. The van der Waals surface area contributed by atoms with Crippen molar-refractivity contribution in [2.24, 2.45) is 0 Å².